The summed E-state index contributed by atoms with van der Waals surface area (Å²) in [5.74, 6) is 0.247. The van der Waals surface area contributed by atoms with E-state index in [1.165, 1.54) is 29.7 Å². The summed E-state index contributed by atoms with van der Waals surface area (Å²) in [6, 6.07) is 2.91. The fraction of sp³-hybridized carbons (Fsp3) is 0.273. The predicted molar refractivity (Wildman–Crippen MR) is 76.3 cm³/mol. The lowest BCUT2D eigenvalue weighted by Gasteiger charge is -2.06. The number of thiazole rings is 1. The molecule has 0 aliphatic heterocycles. The Morgan fingerprint density at radius 1 is 1.42 bits per heavy atom. The van der Waals surface area contributed by atoms with Gasteiger partial charge in [-0.05, 0) is 18.1 Å². The zero-order valence-electron chi connectivity index (χ0n) is 10.3. The SMILES string of the molecule is CC(C)c1csc(NS(=O)(=O)c2cccnc2Cl)n1. The van der Waals surface area contributed by atoms with Crippen molar-refractivity contribution in [2.75, 3.05) is 4.72 Å². The Balaban J connectivity index is 2.29. The molecule has 8 heteroatoms. The number of nitrogens with zero attached hydrogens (tertiary/aromatic N) is 2. The molecule has 2 rings (SSSR count). The number of halogens is 1. The molecule has 0 atom stereocenters. The monoisotopic (exact) mass is 317 g/mol. The van der Waals surface area contributed by atoms with Crippen molar-refractivity contribution in [1.29, 1.82) is 0 Å². The molecule has 2 aromatic rings. The molecule has 0 bridgehead atoms. The summed E-state index contributed by atoms with van der Waals surface area (Å²) in [6.07, 6.45) is 1.43. The number of nitrogens with one attached hydrogen (secondary N) is 1. The quantitative estimate of drug-likeness (QED) is 0.879. The number of pyridine rings is 1. The van der Waals surface area contributed by atoms with E-state index in [0.717, 1.165) is 5.69 Å². The molecule has 0 amide bonds. The van der Waals surface area contributed by atoms with Gasteiger partial charge in [0.2, 0.25) is 0 Å². The lowest BCUT2D eigenvalue weighted by atomic mass is 10.2. The molecule has 0 spiro atoms. The van der Waals surface area contributed by atoms with E-state index in [2.05, 4.69) is 14.7 Å². The number of hydrogen-bond acceptors (Lipinski definition) is 5. The zero-order chi connectivity index (χ0) is 14.0. The van der Waals surface area contributed by atoms with E-state index < -0.39 is 10.0 Å². The number of anilines is 1. The maximum Gasteiger partial charge on any atom is 0.266 e. The van der Waals surface area contributed by atoms with Gasteiger partial charge in [-0.1, -0.05) is 25.4 Å². The Hall–Kier alpha value is -1.18. The van der Waals surface area contributed by atoms with Crippen molar-refractivity contribution in [3.63, 3.8) is 0 Å². The first kappa shape index (κ1) is 14.2. The third kappa shape index (κ3) is 3.23. The second kappa shape index (κ2) is 5.44. The first-order valence-corrected chi connectivity index (χ1v) is 8.23. The molecule has 19 heavy (non-hydrogen) atoms. The van der Waals surface area contributed by atoms with Crippen LogP contribution in [0, 0.1) is 0 Å². The van der Waals surface area contributed by atoms with Crippen LogP contribution < -0.4 is 4.72 Å². The molecule has 0 saturated heterocycles. The minimum Gasteiger partial charge on any atom is -0.255 e. The Bertz CT molecular complexity index is 683. The van der Waals surface area contributed by atoms with Crippen molar-refractivity contribution in [2.24, 2.45) is 0 Å². The van der Waals surface area contributed by atoms with Crippen molar-refractivity contribution >= 4 is 38.1 Å². The van der Waals surface area contributed by atoms with E-state index in [1.54, 1.807) is 0 Å². The van der Waals surface area contributed by atoms with Crippen LogP contribution in [0.25, 0.3) is 0 Å². The van der Waals surface area contributed by atoms with E-state index in [-0.39, 0.29) is 16.0 Å². The summed E-state index contributed by atoms with van der Waals surface area (Å²) in [4.78, 5) is 7.91. The van der Waals surface area contributed by atoms with Crippen LogP contribution in [-0.2, 0) is 10.0 Å². The first-order chi connectivity index (χ1) is 8.90. The molecular weight excluding hydrogens is 306 g/mol. The van der Waals surface area contributed by atoms with E-state index in [0.29, 0.717) is 5.13 Å². The second-order valence-corrected chi connectivity index (χ2v) is 7.00. The number of rotatable bonds is 4. The van der Waals surface area contributed by atoms with Gasteiger partial charge in [0.05, 0.1) is 5.69 Å². The summed E-state index contributed by atoms with van der Waals surface area (Å²) in [5, 5.41) is 2.09. The van der Waals surface area contributed by atoms with Crippen molar-refractivity contribution in [1.82, 2.24) is 9.97 Å². The molecule has 0 unspecified atom stereocenters. The highest BCUT2D eigenvalue weighted by atomic mass is 35.5. The number of sulfonamides is 1. The van der Waals surface area contributed by atoms with Crippen molar-refractivity contribution in [3.05, 3.63) is 34.6 Å². The summed E-state index contributed by atoms with van der Waals surface area (Å²) in [6.45, 7) is 3.98. The molecular formula is C11H12ClN3O2S2. The summed E-state index contributed by atoms with van der Waals surface area (Å²) in [5.41, 5.74) is 0.847. The van der Waals surface area contributed by atoms with Crippen LogP contribution in [0.1, 0.15) is 25.5 Å². The fourth-order valence-corrected chi connectivity index (χ4v) is 3.92. The first-order valence-electron chi connectivity index (χ1n) is 5.49. The molecule has 0 radical (unpaired) electrons. The lowest BCUT2D eigenvalue weighted by Crippen LogP contribution is -2.13. The molecule has 2 aromatic heterocycles. The van der Waals surface area contributed by atoms with Crippen LogP contribution in [-0.4, -0.2) is 18.4 Å². The van der Waals surface area contributed by atoms with E-state index in [9.17, 15) is 8.42 Å². The highest BCUT2D eigenvalue weighted by Crippen LogP contribution is 2.25. The van der Waals surface area contributed by atoms with Gasteiger partial charge < -0.3 is 0 Å². The number of aromatic nitrogens is 2. The van der Waals surface area contributed by atoms with E-state index in [4.69, 9.17) is 11.6 Å². The van der Waals surface area contributed by atoms with Crippen molar-refractivity contribution in [2.45, 2.75) is 24.7 Å². The smallest absolute Gasteiger partial charge is 0.255 e. The molecule has 0 saturated carbocycles. The summed E-state index contributed by atoms with van der Waals surface area (Å²) >= 11 is 7.02. The van der Waals surface area contributed by atoms with Gasteiger partial charge in [0.15, 0.2) is 5.13 Å². The minimum absolute atomic E-state index is 0.0574. The highest BCUT2D eigenvalue weighted by Gasteiger charge is 2.20. The third-order valence-corrected chi connectivity index (χ3v) is 5.04. The molecule has 1 N–H and O–H groups in total. The standard InChI is InChI=1S/C11H12ClN3O2S2/c1-7(2)8-6-18-11(14-8)15-19(16,17)9-4-3-5-13-10(9)12/h3-7H,1-2H3,(H,14,15). The molecule has 0 aromatic carbocycles. The van der Waals surface area contributed by atoms with Gasteiger partial charge in [-0.15, -0.1) is 11.3 Å². The average molecular weight is 318 g/mol. The second-order valence-electron chi connectivity index (χ2n) is 4.13. The highest BCUT2D eigenvalue weighted by molar-refractivity contribution is 7.93. The number of hydrogen-bond donors (Lipinski definition) is 1. The topological polar surface area (TPSA) is 72.0 Å². The molecule has 5 nitrogen and oxygen atoms in total. The van der Waals surface area contributed by atoms with Gasteiger partial charge in [-0.2, -0.15) is 0 Å². The maximum absolute atomic E-state index is 12.1. The minimum atomic E-state index is -3.75. The van der Waals surface area contributed by atoms with Crippen molar-refractivity contribution in [3.8, 4) is 0 Å². The normalized spacial score (nSPS) is 11.8. The predicted octanol–water partition coefficient (Wildman–Crippen LogP) is 3.12. The van der Waals surface area contributed by atoms with Crippen LogP contribution in [0.4, 0.5) is 5.13 Å². The van der Waals surface area contributed by atoms with E-state index >= 15 is 0 Å². The average Bonchev–Trinajstić information content (AvgIpc) is 2.77. The van der Waals surface area contributed by atoms with Gasteiger partial charge in [0, 0.05) is 11.6 Å². The van der Waals surface area contributed by atoms with E-state index in [1.807, 2.05) is 19.2 Å². The zero-order valence-corrected chi connectivity index (χ0v) is 12.7. The Morgan fingerprint density at radius 3 is 2.74 bits per heavy atom. The van der Waals surface area contributed by atoms with Crippen LogP contribution in [0.15, 0.2) is 28.6 Å². The Labute approximate surface area is 120 Å². The Morgan fingerprint density at radius 2 is 2.16 bits per heavy atom. The largest absolute Gasteiger partial charge is 0.266 e. The Kier molecular flexibility index (Phi) is 4.07. The summed E-state index contributed by atoms with van der Waals surface area (Å²) in [7, 11) is -3.75. The lowest BCUT2D eigenvalue weighted by molar-refractivity contribution is 0.601. The van der Waals surface area contributed by atoms with Crippen molar-refractivity contribution < 1.29 is 8.42 Å². The molecule has 0 aliphatic carbocycles. The molecule has 2 heterocycles. The molecule has 0 aliphatic rings. The van der Waals surface area contributed by atoms with Gasteiger partial charge in [-0.3, -0.25) is 4.72 Å². The van der Waals surface area contributed by atoms with Gasteiger partial charge in [0.25, 0.3) is 10.0 Å². The molecule has 0 fully saturated rings. The van der Waals surface area contributed by atoms with Gasteiger partial charge in [0.1, 0.15) is 10.0 Å². The molecule has 102 valence electrons. The summed E-state index contributed by atoms with van der Waals surface area (Å²) < 4.78 is 26.7. The van der Waals surface area contributed by atoms with Crippen LogP contribution in [0.2, 0.25) is 5.15 Å². The van der Waals surface area contributed by atoms with Gasteiger partial charge >= 0.3 is 0 Å². The van der Waals surface area contributed by atoms with Gasteiger partial charge in [-0.25, -0.2) is 18.4 Å². The fourth-order valence-electron chi connectivity index (χ4n) is 1.34. The third-order valence-electron chi connectivity index (χ3n) is 2.35. The maximum atomic E-state index is 12.1. The van der Waals surface area contributed by atoms with Crippen LogP contribution in [0.5, 0.6) is 0 Å². The van der Waals surface area contributed by atoms with Crippen LogP contribution in [0.3, 0.4) is 0 Å². The van der Waals surface area contributed by atoms with Crippen LogP contribution >= 0.6 is 22.9 Å².